The first-order valence-electron chi connectivity index (χ1n) is 17.9. The van der Waals surface area contributed by atoms with Crippen molar-refractivity contribution in [3.63, 3.8) is 0 Å². The molecular weight excluding hydrogens is 785 g/mol. The Hall–Kier alpha value is -4.16. The minimum Gasteiger partial charge on any atom is -0.744 e. The molecule has 2 aromatic carbocycles. The van der Waals surface area contributed by atoms with Gasteiger partial charge in [-0.3, -0.25) is 14.6 Å². The SMILES string of the molecule is C.C.C.CN1\C(=C/C=C/C=C/C2=[N+](C)c3ccc(SOO[O-])cc3C2(C)C)C(C)(CCCCCC(=O)ON2C(=O)CCC2=O)c2cc(S(=O)(=O)[O-])ccc21.C[NH+](C)C. The molecule has 0 bridgehead atoms. The quantitative estimate of drug-likeness (QED) is 0.0373. The smallest absolute Gasteiger partial charge is 0.333 e. The third-order valence-electron chi connectivity index (χ3n) is 9.79. The maximum Gasteiger partial charge on any atom is 0.333 e. The number of unbranched alkanes of at least 4 members (excludes halogenated alkanes) is 2. The molecule has 1 unspecified atom stereocenters. The molecule has 3 aliphatic rings. The summed E-state index contributed by atoms with van der Waals surface area (Å²) >= 11 is 0.849. The van der Waals surface area contributed by atoms with E-state index >= 15 is 0 Å². The Bertz CT molecular complexity index is 2010. The largest absolute Gasteiger partial charge is 0.744 e. The van der Waals surface area contributed by atoms with Crippen LogP contribution >= 0.6 is 12.0 Å². The molecule has 3 aliphatic heterocycles. The normalized spacial score (nSPS) is 18.9. The monoisotopic (exact) mass is 846 g/mol. The Kier molecular flexibility index (Phi) is 19.4. The van der Waals surface area contributed by atoms with Gasteiger partial charge in [0.05, 0.1) is 43.5 Å². The van der Waals surface area contributed by atoms with E-state index in [1.165, 1.54) is 17.0 Å². The van der Waals surface area contributed by atoms with Gasteiger partial charge in [-0.1, -0.05) is 53.3 Å². The molecule has 0 saturated carbocycles. The number of anilines is 1. The second-order valence-corrected chi connectivity index (χ2v) is 17.0. The second-order valence-electron chi connectivity index (χ2n) is 14.9. The molecule has 1 N–H and O–H groups in total. The Morgan fingerprint density at radius 2 is 1.59 bits per heavy atom. The summed E-state index contributed by atoms with van der Waals surface area (Å²) in [4.78, 5) is 44.6. The van der Waals surface area contributed by atoms with Gasteiger partial charge in [0.1, 0.15) is 17.2 Å². The molecule has 2 amide bonds. The fraction of sp³-hybridized carbons (Fsp3) is 0.476. The molecule has 16 heteroatoms. The van der Waals surface area contributed by atoms with Crippen LogP contribution in [-0.2, 0) is 49.5 Å². The highest BCUT2D eigenvalue weighted by molar-refractivity contribution is 7.94. The number of nitrogens with one attached hydrogen (secondary N) is 1. The Labute approximate surface area is 349 Å². The van der Waals surface area contributed by atoms with Gasteiger partial charge in [0.15, 0.2) is 5.71 Å². The van der Waals surface area contributed by atoms with E-state index in [-0.39, 0.29) is 51.9 Å². The van der Waals surface area contributed by atoms with Crippen molar-refractivity contribution in [2.75, 3.05) is 40.1 Å². The summed E-state index contributed by atoms with van der Waals surface area (Å²) in [6, 6.07) is 10.2. The van der Waals surface area contributed by atoms with E-state index in [4.69, 9.17) is 4.84 Å². The van der Waals surface area contributed by atoms with E-state index in [1.807, 2.05) is 74.5 Å². The molecule has 1 fully saturated rings. The molecule has 2 aromatic rings. The van der Waals surface area contributed by atoms with Crippen molar-refractivity contribution in [3.8, 4) is 0 Å². The summed E-state index contributed by atoms with van der Waals surface area (Å²) in [5.41, 5.74) is 4.58. The van der Waals surface area contributed by atoms with Crippen molar-refractivity contribution in [1.82, 2.24) is 5.06 Å². The fourth-order valence-electron chi connectivity index (χ4n) is 7.11. The number of hydrogen-bond acceptors (Lipinski definition) is 12. The molecule has 1 atom stereocenters. The topological polar surface area (TPSA) is 173 Å². The molecule has 322 valence electrons. The van der Waals surface area contributed by atoms with E-state index in [2.05, 4.69) is 48.9 Å². The van der Waals surface area contributed by atoms with E-state index in [0.717, 1.165) is 50.8 Å². The molecule has 0 aliphatic carbocycles. The van der Waals surface area contributed by atoms with Gasteiger partial charge in [-0.15, -0.1) is 5.06 Å². The van der Waals surface area contributed by atoms with Gasteiger partial charge >= 0.3 is 5.97 Å². The average Bonchev–Trinajstić information content (AvgIpc) is 3.61. The highest BCUT2D eigenvalue weighted by Gasteiger charge is 2.44. The first-order chi connectivity index (χ1) is 25.8. The zero-order valence-corrected chi connectivity index (χ0v) is 34.2. The van der Waals surface area contributed by atoms with Crippen LogP contribution in [0, 0.1) is 0 Å². The molecule has 5 rings (SSSR count). The number of likely N-dealkylation sites (N-methyl/N-ethyl adjacent to an activating group) is 1. The first-order valence-corrected chi connectivity index (χ1v) is 20.1. The maximum atomic E-state index is 12.3. The van der Waals surface area contributed by atoms with Gasteiger partial charge in [-0.25, -0.2) is 13.2 Å². The van der Waals surface area contributed by atoms with Crippen molar-refractivity contribution in [2.45, 2.75) is 109 Å². The third-order valence-corrected chi connectivity index (χ3v) is 11.2. The van der Waals surface area contributed by atoms with Crippen LogP contribution in [0.5, 0.6) is 0 Å². The van der Waals surface area contributed by atoms with Crippen LogP contribution in [0.15, 0.2) is 82.3 Å². The second kappa shape index (κ2) is 21.7. The number of benzene rings is 2. The number of imide groups is 1. The summed E-state index contributed by atoms with van der Waals surface area (Å²) in [7, 11) is 5.45. The van der Waals surface area contributed by atoms with Gasteiger partial charge in [0.25, 0.3) is 11.8 Å². The van der Waals surface area contributed by atoms with Crippen LogP contribution in [0.1, 0.15) is 99.1 Å². The summed E-state index contributed by atoms with van der Waals surface area (Å²) < 4.78 is 42.5. The fourth-order valence-corrected chi connectivity index (χ4v) is 8.00. The number of fused-ring (bicyclic) bond motifs is 2. The Balaban J connectivity index is 0.00000229. The van der Waals surface area contributed by atoms with Gasteiger partial charge in [-0.2, -0.15) is 8.91 Å². The number of amides is 2. The molecule has 0 aromatic heterocycles. The molecule has 58 heavy (non-hydrogen) atoms. The van der Waals surface area contributed by atoms with Crippen molar-refractivity contribution in [2.24, 2.45) is 0 Å². The average molecular weight is 847 g/mol. The number of hydroxylamine groups is 2. The zero-order valence-electron chi connectivity index (χ0n) is 32.5. The third kappa shape index (κ3) is 12.0. The maximum absolute atomic E-state index is 12.3. The predicted molar refractivity (Wildman–Crippen MR) is 224 cm³/mol. The van der Waals surface area contributed by atoms with E-state index in [0.29, 0.717) is 30.7 Å². The van der Waals surface area contributed by atoms with Crippen molar-refractivity contribution in [1.29, 1.82) is 0 Å². The van der Waals surface area contributed by atoms with E-state index in [9.17, 15) is 32.6 Å². The Morgan fingerprint density at radius 3 is 2.19 bits per heavy atom. The van der Waals surface area contributed by atoms with Crippen LogP contribution in [0.4, 0.5) is 11.4 Å². The van der Waals surface area contributed by atoms with E-state index in [1.54, 1.807) is 6.07 Å². The standard InChI is InChI=1S/C36H41N3O10S2.C3H9N.3CH4/c1-35(2)26-22-24(50-49-48-43)15-17-28(26)37(4)30(35)12-8-6-9-13-31-36(3,27-23-25(51(44,45)46)16-18-29(27)38(31)5)21-11-7-10-14-34(42)47-39-32(40)19-20-33(39)41;1-4(2)3;;;/h6,8-9,12-13,15-18,22-23H,7,10-11,14,19-21H2,1-5H3,(H-,43,44,45,46);1-3H3;3*1H4. The number of hydrogen-bond donors (Lipinski definition) is 1. The number of carbonyl (C=O) groups excluding carboxylic acids is 3. The lowest BCUT2D eigenvalue weighted by atomic mass is 9.77. The molecular formula is C42H62N4O10S2. The minimum absolute atomic E-state index is 0. The molecule has 1 saturated heterocycles. The lowest BCUT2D eigenvalue weighted by Gasteiger charge is -2.29. The zero-order chi connectivity index (χ0) is 40.7. The molecule has 3 heterocycles. The van der Waals surface area contributed by atoms with Crippen LogP contribution < -0.4 is 15.1 Å². The predicted octanol–water partition coefficient (Wildman–Crippen LogP) is 5.46. The number of nitrogens with zero attached hydrogens (tertiary/aromatic N) is 3. The van der Waals surface area contributed by atoms with Gasteiger partial charge in [-0.05, 0) is 75.6 Å². The number of rotatable bonds is 14. The van der Waals surface area contributed by atoms with Gasteiger partial charge < -0.3 is 24.4 Å². The van der Waals surface area contributed by atoms with Crippen molar-refractivity contribution >= 4 is 57.0 Å². The lowest BCUT2D eigenvalue weighted by molar-refractivity contribution is -0.836. The van der Waals surface area contributed by atoms with Crippen LogP contribution in [0.25, 0.3) is 0 Å². The molecule has 0 radical (unpaired) electrons. The number of carbonyl (C=O) groups is 3. The van der Waals surface area contributed by atoms with Crippen molar-refractivity contribution in [3.05, 3.63) is 83.6 Å². The highest BCUT2D eigenvalue weighted by Crippen LogP contribution is 2.50. The Morgan fingerprint density at radius 1 is 0.948 bits per heavy atom. The van der Waals surface area contributed by atoms with Crippen molar-refractivity contribution < 1.29 is 56.3 Å². The van der Waals surface area contributed by atoms with Crippen LogP contribution in [0.2, 0.25) is 0 Å². The lowest BCUT2D eigenvalue weighted by Crippen LogP contribution is -3.02. The summed E-state index contributed by atoms with van der Waals surface area (Å²) in [6.07, 6.45) is 12.2. The first kappa shape index (κ1) is 51.9. The summed E-state index contributed by atoms with van der Waals surface area (Å²) in [5.74, 6) is -1.71. The van der Waals surface area contributed by atoms with E-state index < -0.39 is 33.3 Å². The van der Waals surface area contributed by atoms with Gasteiger partial charge in [0.2, 0.25) is 5.69 Å². The number of quaternary nitrogens is 1. The summed E-state index contributed by atoms with van der Waals surface area (Å²) in [6.45, 7) is 6.24. The molecule has 14 nitrogen and oxygen atoms in total. The van der Waals surface area contributed by atoms with Crippen LogP contribution in [0.3, 0.4) is 0 Å². The highest BCUT2D eigenvalue weighted by atomic mass is 32.2. The number of allylic oxidation sites excluding steroid dienone is 6. The van der Waals surface area contributed by atoms with Crippen LogP contribution in [-0.4, -0.2) is 81.3 Å². The molecule has 0 spiro atoms. The summed E-state index contributed by atoms with van der Waals surface area (Å²) in [5, 5.41) is 14.3. The van der Waals surface area contributed by atoms with Gasteiger partial charge in [0, 0.05) is 65.7 Å². The minimum atomic E-state index is -4.69.